The van der Waals surface area contributed by atoms with Crippen molar-refractivity contribution < 1.29 is 9.00 Å². The van der Waals surface area contributed by atoms with E-state index < -0.39 is 21.4 Å². The molecule has 1 fully saturated rings. The summed E-state index contributed by atoms with van der Waals surface area (Å²) in [6, 6.07) is 17.4. The third kappa shape index (κ3) is 2.88. The van der Waals surface area contributed by atoms with Crippen LogP contribution in [0.5, 0.6) is 0 Å². The van der Waals surface area contributed by atoms with Crippen LogP contribution in [0.15, 0.2) is 54.6 Å². The molecule has 0 spiro atoms. The molecule has 4 unspecified atom stereocenters. The second-order valence-electron chi connectivity index (χ2n) is 5.63. The van der Waals surface area contributed by atoms with Crippen LogP contribution in [0.25, 0.3) is 0 Å². The maximum Gasteiger partial charge on any atom is 0.153 e. The van der Waals surface area contributed by atoms with Crippen molar-refractivity contribution in [2.75, 3.05) is 0 Å². The Balaban J connectivity index is 1.99. The van der Waals surface area contributed by atoms with Crippen molar-refractivity contribution in [3.05, 3.63) is 71.3 Å². The number of carbonyl (C=O) groups is 1. The molecule has 114 valence electrons. The molecule has 0 bridgehead atoms. The predicted molar refractivity (Wildman–Crippen MR) is 90.5 cm³/mol. The van der Waals surface area contributed by atoms with Crippen molar-refractivity contribution >= 4 is 28.2 Å². The fourth-order valence-corrected chi connectivity index (χ4v) is 5.28. The van der Waals surface area contributed by atoms with E-state index in [0.29, 0.717) is 0 Å². The fraction of sp³-hybridized carbons (Fsp3) is 0.278. The summed E-state index contributed by atoms with van der Waals surface area (Å²) in [5.41, 5.74) is 2.94. The lowest BCUT2D eigenvalue weighted by Gasteiger charge is -2.32. The van der Waals surface area contributed by atoms with Crippen LogP contribution >= 0.6 is 11.6 Å². The number of halogens is 1. The maximum atomic E-state index is 13.0. The molecule has 1 saturated heterocycles. The lowest BCUT2D eigenvalue weighted by atomic mass is 9.99. The third-order valence-electron chi connectivity index (χ3n) is 4.07. The first-order valence-corrected chi connectivity index (χ1v) is 8.97. The van der Waals surface area contributed by atoms with Gasteiger partial charge in [0.25, 0.3) is 0 Å². The summed E-state index contributed by atoms with van der Waals surface area (Å²) in [6.45, 7) is 2.00. The second-order valence-corrected chi connectivity index (χ2v) is 7.84. The summed E-state index contributed by atoms with van der Waals surface area (Å²) in [5, 5.41) is -1.45. The smallest absolute Gasteiger partial charge is 0.153 e. The first-order chi connectivity index (χ1) is 10.6. The van der Waals surface area contributed by atoms with Crippen LogP contribution in [0.3, 0.4) is 0 Å². The van der Waals surface area contributed by atoms with Gasteiger partial charge in [0, 0.05) is 17.2 Å². The van der Waals surface area contributed by atoms with Gasteiger partial charge in [-0.1, -0.05) is 60.2 Å². The van der Waals surface area contributed by atoms with Gasteiger partial charge in [-0.3, -0.25) is 9.00 Å². The molecule has 0 N–H and O–H groups in total. The summed E-state index contributed by atoms with van der Waals surface area (Å²) in [5.74, 6) is -0.0271. The van der Waals surface area contributed by atoms with Crippen molar-refractivity contribution in [1.29, 1.82) is 0 Å². The highest BCUT2D eigenvalue weighted by molar-refractivity contribution is 7.85. The van der Waals surface area contributed by atoms with Crippen molar-refractivity contribution in [2.45, 2.75) is 29.2 Å². The minimum atomic E-state index is -1.23. The van der Waals surface area contributed by atoms with Gasteiger partial charge in [0.2, 0.25) is 0 Å². The van der Waals surface area contributed by atoms with Gasteiger partial charge in [-0.2, -0.15) is 0 Å². The fourth-order valence-electron chi connectivity index (χ4n) is 2.82. The van der Waals surface area contributed by atoms with E-state index in [0.717, 1.165) is 16.7 Å². The minimum Gasteiger partial charge on any atom is -0.298 e. The summed E-state index contributed by atoms with van der Waals surface area (Å²) in [6.07, 6.45) is 0.243. The van der Waals surface area contributed by atoms with Crippen LogP contribution in [0.2, 0.25) is 0 Å². The standard InChI is InChI=1S/C18H17ClO2S/c1-12-7-9-14(10-8-12)18-17(19)15(20)11-16(22(18)21)13-5-3-2-4-6-13/h2-10,16-18H,11H2,1H3. The van der Waals surface area contributed by atoms with E-state index in [1.54, 1.807) is 0 Å². The molecule has 0 amide bonds. The Morgan fingerprint density at radius 2 is 1.64 bits per heavy atom. The van der Waals surface area contributed by atoms with Crippen molar-refractivity contribution in [1.82, 2.24) is 0 Å². The number of aryl methyl sites for hydroxylation is 1. The molecule has 4 heteroatoms. The quantitative estimate of drug-likeness (QED) is 0.776. The molecule has 2 nitrogen and oxygen atoms in total. The van der Waals surface area contributed by atoms with Crippen LogP contribution in [0, 0.1) is 6.92 Å². The van der Waals surface area contributed by atoms with E-state index in [1.807, 2.05) is 61.5 Å². The van der Waals surface area contributed by atoms with E-state index in [1.165, 1.54) is 0 Å². The van der Waals surface area contributed by atoms with Gasteiger partial charge < -0.3 is 0 Å². The molecule has 1 aliphatic heterocycles. The molecule has 22 heavy (non-hydrogen) atoms. The van der Waals surface area contributed by atoms with Crippen LogP contribution in [-0.2, 0) is 15.6 Å². The maximum absolute atomic E-state index is 13.0. The third-order valence-corrected chi connectivity index (χ3v) is 6.76. The number of alkyl halides is 1. The molecular weight excluding hydrogens is 316 g/mol. The highest BCUT2D eigenvalue weighted by Crippen LogP contribution is 2.42. The molecular formula is C18H17ClO2S. The molecule has 1 heterocycles. The van der Waals surface area contributed by atoms with Gasteiger partial charge in [-0.15, -0.1) is 11.6 Å². The van der Waals surface area contributed by atoms with Gasteiger partial charge in [-0.05, 0) is 18.1 Å². The number of carbonyl (C=O) groups excluding carboxylic acids is 1. The lowest BCUT2D eigenvalue weighted by Crippen LogP contribution is -2.35. The molecule has 3 rings (SSSR count). The largest absolute Gasteiger partial charge is 0.298 e. The number of benzene rings is 2. The predicted octanol–water partition coefficient (Wildman–Crippen LogP) is 4.11. The zero-order valence-corrected chi connectivity index (χ0v) is 13.8. The average molecular weight is 333 g/mol. The monoisotopic (exact) mass is 332 g/mol. The zero-order valence-electron chi connectivity index (χ0n) is 12.2. The zero-order chi connectivity index (χ0) is 15.7. The molecule has 4 atom stereocenters. The van der Waals surface area contributed by atoms with Gasteiger partial charge in [-0.25, -0.2) is 0 Å². The molecule has 0 radical (unpaired) electrons. The molecule has 0 aromatic heterocycles. The Labute approximate surface area is 138 Å². The number of rotatable bonds is 2. The Morgan fingerprint density at radius 1 is 1.00 bits per heavy atom. The first kappa shape index (κ1) is 15.4. The summed E-state index contributed by atoms with van der Waals surface area (Å²) >= 11 is 6.31. The number of ketones is 1. The Hall–Kier alpha value is -1.45. The van der Waals surface area contributed by atoms with E-state index in [2.05, 4.69) is 0 Å². The SMILES string of the molecule is Cc1ccc(C2C(Cl)C(=O)CC(c3ccccc3)S2=O)cc1. The van der Waals surface area contributed by atoms with Gasteiger partial charge in [0.15, 0.2) is 5.78 Å². The number of Topliss-reactive ketones (excluding diaryl/α,β-unsaturated/α-hetero) is 1. The minimum absolute atomic E-state index is 0.0271. The summed E-state index contributed by atoms with van der Waals surface area (Å²) < 4.78 is 13.0. The van der Waals surface area contributed by atoms with E-state index >= 15 is 0 Å². The molecule has 1 aliphatic rings. The van der Waals surface area contributed by atoms with E-state index in [-0.39, 0.29) is 17.5 Å². The van der Waals surface area contributed by atoms with E-state index in [4.69, 9.17) is 11.6 Å². The number of hydrogen-bond acceptors (Lipinski definition) is 2. The Morgan fingerprint density at radius 3 is 2.27 bits per heavy atom. The molecule has 2 aromatic carbocycles. The topological polar surface area (TPSA) is 34.1 Å². The van der Waals surface area contributed by atoms with Crippen LogP contribution < -0.4 is 0 Å². The van der Waals surface area contributed by atoms with E-state index in [9.17, 15) is 9.00 Å². The average Bonchev–Trinajstić information content (AvgIpc) is 2.54. The van der Waals surface area contributed by atoms with Crippen LogP contribution in [-0.4, -0.2) is 15.4 Å². The molecule has 2 aromatic rings. The highest BCUT2D eigenvalue weighted by atomic mass is 35.5. The lowest BCUT2D eigenvalue weighted by molar-refractivity contribution is -0.119. The first-order valence-electron chi connectivity index (χ1n) is 7.25. The second kappa shape index (κ2) is 6.35. The highest BCUT2D eigenvalue weighted by Gasteiger charge is 2.42. The van der Waals surface area contributed by atoms with Gasteiger partial charge in [0.1, 0.15) is 5.38 Å². The van der Waals surface area contributed by atoms with Crippen LogP contribution in [0.4, 0.5) is 0 Å². The van der Waals surface area contributed by atoms with Gasteiger partial charge in [0.05, 0.1) is 10.5 Å². The van der Waals surface area contributed by atoms with Crippen LogP contribution in [0.1, 0.15) is 33.6 Å². The summed E-state index contributed by atoms with van der Waals surface area (Å²) in [7, 11) is -1.23. The van der Waals surface area contributed by atoms with Crippen molar-refractivity contribution in [3.63, 3.8) is 0 Å². The Bertz CT molecular complexity index is 697. The normalized spacial score (nSPS) is 28.5. The Kier molecular flexibility index (Phi) is 4.46. The van der Waals surface area contributed by atoms with Gasteiger partial charge >= 0.3 is 0 Å². The summed E-state index contributed by atoms with van der Waals surface area (Å²) in [4.78, 5) is 12.3. The molecule has 0 saturated carbocycles. The van der Waals surface area contributed by atoms with Crippen molar-refractivity contribution in [2.24, 2.45) is 0 Å². The van der Waals surface area contributed by atoms with Crippen molar-refractivity contribution in [3.8, 4) is 0 Å². The molecule has 0 aliphatic carbocycles. The number of hydrogen-bond donors (Lipinski definition) is 0.